The van der Waals surface area contributed by atoms with Crippen LogP contribution in [-0.4, -0.2) is 68.7 Å². The molecule has 1 saturated heterocycles. The Balaban J connectivity index is 1.53. The number of amides is 1. The Morgan fingerprint density at radius 3 is 2.33 bits per heavy atom. The second-order valence-electron chi connectivity index (χ2n) is 11.8. The molecule has 0 radical (unpaired) electrons. The summed E-state index contributed by atoms with van der Waals surface area (Å²) in [7, 11) is -3.30. The standard InChI is InChI=1S/C28H45N3O4S/c1-20(2)22-6-8-24(9-7-22)30-15-12-28(13-16-30)26-11-10-25(35-21(3)4)18-23(26)19-31(27(28)32)17-14-29-36(5,33)34/h10-11,18,20-22,24,29H,6-9,12-17,19H2,1-5H3/t22-,24+. The molecule has 2 heterocycles. The molecule has 1 spiro atoms. The number of carbonyl (C=O) groups excluding carboxylic acids is 1. The zero-order valence-corrected chi connectivity index (χ0v) is 23.6. The van der Waals surface area contributed by atoms with Crippen LogP contribution in [0.15, 0.2) is 18.2 Å². The number of likely N-dealkylation sites (tertiary alicyclic amines) is 1. The smallest absolute Gasteiger partial charge is 0.233 e. The topological polar surface area (TPSA) is 79.0 Å². The molecule has 0 aromatic heterocycles. The predicted octanol–water partition coefficient (Wildman–Crippen LogP) is 3.91. The fourth-order valence-electron chi connectivity index (χ4n) is 6.64. The van der Waals surface area contributed by atoms with Gasteiger partial charge in [-0.3, -0.25) is 4.79 Å². The summed E-state index contributed by atoms with van der Waals surface area (Å²) in [6.45, 7) is 11.7. The van der Waals surface area contributed by atoms with Crippen molar-refractivity contribution in [3.8, 4) is 5.75 Å². The van der Waals surface area contributed by atoms with Crippen LogP contribution in [0.1, 0.15) is 77.3 Å². The van der Waals surface area contributed by atoms with Crippen molar-refractivity contribution in [1.29, 1.82) is 0 Å². The van der Waals surface area contributed by atoms with Crippen LogP contribution in [0.4, 0.5) is 0 Å². The summed E-state index contributed by atoms with van der Waals surface area (Å²) in [5.41, 5.74) is 1.72. The molecule has 1 aliphatic carbocycles. The van der Waals surface area contributed by atoms with Gasteiger partial charge in [0.2, 0.25) is 15.9 Å². The van der Waals surface area contributed by atoms with Crippen molar-refractivity contribution in [2.45, 2.75) is 90.3 Å². The fourth-order valence-corrected chi connectivity index (χ4v) is 7.10. The van der Waals surface area contributed by atoms with E-state index >= 15 is 0 Å². The van der Waals surface area contributed by atoms with Crippen molar-refractivity contribution in [1.82, 2.24) is 14.5 Å². The highest BCUT2D eigenvalue weighted by atomic mass is 32.2. The van der Waals surface area contributed by atoms with E-state index in [0.717, 1.165) is 60.9 Å². The quantitative estimate of drug-likeness (QED) is 0.563. The number of benzene rings is 1. The number of piperidine rings is 1. The number of rotatable bonds is 8. The molecule has 0 atom stereocenters. The van der Waals surface area contributed by atoms with Crippen LogP contribution in [0, 0.1) is 11.8 Å². The number of nitrogens with one attached hydrogen (secondary N) is 1. The van der Waals surface area contributed by atoms with Crippen LogP contribution in [0.25, 0.3) is 0 Å². The van der Waals surface area contributed by atoms with Gasteiger partial charge >= 0.3 is 0 Å². The van der Waals surface area contributed by atoms with E-state index in [2.05, 4.69) is 35.6 Å². The Bertz CT molecular complexity index is 1020. The lowest BCUT2D eigenvalue weighted by molar-refractivity contribution is -0.142. The van der Waals surface area contributed by atoms with Gasteiger partial charge in [-0.25, -0.2) is 13.1 Å². The number of carbonyl (C=O) groups is 1. The minimum atomic E-state index is -3.30. The van der Waals surface area contributed by atoms with E-state index in [1.807, 2.05) is 24.8 Å². The lowest BCUT2D eigenvalue weighted by Gasteiger charge is -2.49. The van der Waals surface area contributed by atoms with E-state index in [1.54, 1.807) is 0 Å². The maximum absolute atomic E-state index is 14.0. The molecule has 36 heavy (non-hydrogen) atoms. The molecule has 2 fully saturated rings. The zero-order chi connectivity index (χ0) is 26.1. The highest BCUT2D eigenvalue weighted by Gasteiger charge is 2.49. The van der Waals surface area contributed by atoms with Crippen LogP contribution < -0.4 is 9.46 Å². The van der Waals surface area contributed by atoms with Crippen molar-refractivity contribution in [3.05, 3.63) is 29.3 Å². The first kappa shape index (κ1) is 27.4. The summed E-state index contributed by atoms with van der Waals surface area (Å²) in [5, 5.41) is 0. The molecule has 4 rings (SSSR count). The third-order valence-electron chi connectivity index (χ3n) is 8.62. The fraction of sp³-hybridized carbons (Fsp3) is 0.750. The van der Waals surface area contributed by atoms with Crippen LogP contribution in [0.5, 0.6) is 5.75 Å². The average molecular weight is 520 g/mol. The van der Waals surface area contributed by atoms with Gasteiger partial charge in [-0.05, 0) is 101 Å². The molecule has 0 bridgehead atoms. The summed E-state index contributed by atoms with van der Waals surface area (Å²) in [4.78, 5) is 18.5. The summed E-state index contributed by atoms with van der Waals surface area (Å²) in [6, 6.07) is 6.84. The summed E-state index contributed by atoms with van der Waals surface area (Å²) < 4.78 is 31.7. The van der Waals surface area contributed by atoms with E-state index in [4.69, 9.17) is 4.74 Å². The largest absolute Gasteiger partial charge is 0.491 e. The van der Waals surface area contributed by atoms with E-state index < -0.39 is 15.4 Å². The maximum atomic E-state index is 14.0. The van der Waals surface area contributed by atoms with Gasteiger partial charge in [0, 0.05) is 25.7 Å². The molecule has 1 saturated carbocycles. The molecule has 1 aromatic rings. The number of nitrogens with zero attached hydrogens (tertiary/aromatic N) is 2. The second kappa shape index (κ2) is 11.0. The molecule has 1 N–H and O–H groups in total. The Morgan fingerprint density at radius 2 is 1.75 bits per heavy atom. The Morgan fingerprint density at radius 1 is 1.08 bits per heavy atom. The Labute approximate surface area is 218 Å². The lowest BCUT2D eigenvalue weighted by atomic mass is 9.67. The highest BCUT2D eigenvalue weighted by molar-refractivity contribution is 7.88. The molecule has 0 unspecified atom stereocenters. The van der Waals surface area contributed by atoms with Crippen molar-refractivity contribution in [3.63, 3.8) is 0 Å². The first-order valence-electron chi connectivity index (χ1n) is 13.8. The van der Waals surface area contributed by atoms with Crippen molar-refractivity contribution in [2.24, 2.45) is 11.8 Å². The van der Waals surface area contributed by atoms with Gasteiger partial charge in [0.05, 0.1) is 17.8 Å². The van der Waals surface area contributed by atoms with Crippen LogP contribution in [-0.2, 0) is 26.8 Å². The van der Waals surface area contributed by atoms with E-state index in [9.17, 15) is 13.2 Å². The SMILES string of the molecule is CC(C)Oc1ccc2c(c1)CN(CCNS(C)(=O)=O)C(=O)C21CCN([C@H]2CC[C@@H](C(C)C)CC2)CC1. The van der Waals surface area contributed by atoms with Gasteiger partial charge < -0.3 is 14.5 Å². The molecule has 202 valence electrons. The zero-order valence-electron chi connectivity index (χ0n) is 22.8. The first-order chi connectivity index (χ1) is 17.0. The lowest BCUT2D eigenvalue weighted by Crippen LogP contribution is -2.58. The molecule has 1 amide bonds. The molecular weight excluding hydrogens is 474 g/mol. The second-order valence-corrected chi connectivity index (χ2v) is 13.6. The van der Waals surface area contributed by atoms with Gasteiger partial charge in [-0.2, -0.15) is 0 Å². The van der Waals surface area contributed by atoms with Crippen LogP contribution in [0.2, 0.25) is 0 Å². The average Bonchev–Trinajstić information content (AvgIpc) is 2.81. The van der Waals surface area contributed by atoms with E-state index in [-0.39, 0.29) is 18.6 Å². The van der Waals surface area contributed by atoms with E-state index in [0.29, 0.717) is 19.1 Å². The number of ether oxygens (including phenoxy) is 1. The third-order valence-corrected chi connectivity index (χ3v) is 9.35. The van der Waals surface area contributed by atoms with Crippen molar-refractivity contribution < 1.29 is 17.9 Å². The first-order valence-corrected chi connectivity index (χ1v) is 15.7. The maximum Gasteiger partial charge on any atom is 0.233 e. The Kier molecular flexibility index (Phi) is 8.37. The van der Waals surface area contributed by atoms with E-state index in [1.165, 1.54) is 25.7 Å². The van der Waals surface area contributed by atoms with Crippen molar-refractivity contribution >= 4 is 15.9 Å². The normalized spacial score (nSPS) is 25.0. The van der Waals surface area contributed by atoms with Gasteiger partial charge in [0.25, 0.3) is 0 Å². The summed E-state index contributed by atoms with van der Waals surface area (Å²) in [5.74, 6) is 2.58. The van der Waals surface area contributed by atoms with Crippen LogP contribution >= 0.6 is 0 Å². The van der Waals surface area contributed by atoms with Gasteiger partial charge in [-0.15, -0.1) is 0 Å². The molecule has 3 aliphatic rings. The van der Waals surface area contributed by atoms with Crippen molar-refractivity contribution in [2.75, 3.05) is 32.4 Å². The molecule has 1 aromatic carbocycles. The monoisotopic (exact) mass is 519 g/mol. The predicted molar refractivity (Wildman–Crippen MR) is 144 cm³/mol. The van der Waals surface area contributed by atoms with Gasteiger partial charge in [0.15, 0.2) is 0 Å². The molecule has 2 aliphatic heterocycles. The summed E-state index contributed by atoms with van der Waals surface area (Å²) >= 11 is 0. The highest BCUT2D eigenvalue weighted by Crippen LogP contribution is 2.45. The van der Waals surface area contributed by atoms with Gasteiger partial charge in [0.1, 0.15) is 5.75 Å². The molecular formula is C28H45N3O4S. The van der Waals surface area contributed by atoms with Crippen LogP contribution in [0.3, 0.4) is 0 Å². The minimum absolute atomic E-state index is 0.0753. The Hall–Kier alpha value is -1.64. The number of sulfonamides is 1. The van der Waals surface area contributed by atoms with Gasteiger partial charge in [-0.1, -0.05) is 19.9 Å². The third kappa shape index (κ3) is 6.08. The molecule has 8 heteroatoms. The summed E-state index contributed by atoms with van der Waals surface area (Å²) in [6.07, 6.45) is 8.00. The number of hydrogen-bond acceptors (Lipinski definition) is 5. The molecule has 7 nitrogen and oxygen atoms in total. The minimum Gasteiger partial charge on any atom is -0.491 e. The number of hydrogen-bond donors (Lipinski definition) is 1. The number of fused-ring (bicyclic) bond motifs is 2.